The first-order valence-electron chi connectivity index (χ1n) is 6.65. The van der Waals surface area contributed by atoms with E-state index in [2.05, 4.69) is 10.3 Å². The molecule has 8 heteroatoms. The summed E-state index contributed by atoms with van der Waals surface area (Å²) in [4.78, 5) is 37.6. The van der Waals surface area contributed by atoms with Crippen LogP contribution in [0.1, 0.15) is 15.9 Å². The molecule has 0 aliphatic rings. The zero-order valence-electron chi connectivity index (χ0n) is 11.9. The maximum absolute atomic E-state index is 12.0. The third kappa shape index (κ3) is 4.10. The van der Waals surface area contributed by atoms with Gasteiger partial charge < -0.3 is 10.4 Å². The van der Waals surface area contributed by atoms with E-state index < -0.39 is 22.8 Å². The molecule has 118 valence electrons. The molecule has 2 N–H and O–H groups in total. The maximum atomic E-state index is 12.0. The Morgan fingerprint density at radius 3 is 2.48 bits per heavy atom. The van der Waals surface area contributed by atoms with Crippen molar-refractivity contribution in [3.8, 4) is 0 Å². The molecule has 0 saturated carbocycles. The van der Waals surface area contributed by atoms with Crippen LogP contribution in [0.15, 0.2) is 48.8 Å². The largest absolute Gasteiger partial charge is 0.480 e. The Bertz CT molecular complexity index is 733. The van der Waals surface area contributed by atoms with Crippen LogP contribution in [0, 0.1) is 10.1 Å². The molecule has 8 nitrogen and oxygen atoms in total. The third-order valence-electron chi connectivity index (χ3n) is 3.16. The number of nitro benzene ring substituents is 1. The van der Waals surface area contributed by atoms with Crippen molar-refractivity contribution in [2.45, 2.75) is 12.5 Å². The normalized spacial score (nSPS) is 11.5. The molecule has 23 heavy (non-hydrogen) atoms. The summed E-state index contributed by atoms with van der Waals surface area (Å²) < 4.78 is 0. The number of carbonyl (C=O) groups is 2. The van der Waals surface area contributed by atoms with Crippen molar-refractivity contribution in [3.05, 3.63) is 70.0 Å². The van der Waals surface area contributed by atoms with Gasteiger partial charge in [0.2, 0.25) is 0 Å². The SMILES string of the molecule is O=C(N[C@H](Cc1ccccc1[N+](=O)[O-])C(=O)O)c1ccncc1. The van der Waals surface area contributed by atoms with Crippen LogP contribution in [0.4, 0.5) is 5.69 Å². The van der Waals surface area contributed by atoms with Gasteiger partial charge >= 0.3 is 5.97 Å². The van der Waals surface area contributed by atoms with Gasteiger partial charge in [-0.15, -0.1) is 0 Å². The predicted octanol–water partition coefficient (Wildman–Crippen LogP) is 1.42. The van der Waals surface area contributed by atoms with E-state index in [-0.39, 0.29) is 23.2 Å². The number of carbonyl (C=O) groups excluding carboxylic acids is 1. The summed E-state index contributed by atoms with van der Waals surface area (Å²) in [6.07, 6.45) is 2.63. The van der Waals surface area contributed by atoms with Crippen molar-refractivity contribution >= 4 is 17.6 Å². The van der Waals surface area contributed by atoms with E-state index in [4.69, 9.17) is 0 Å². The van der Waals surface area contributed by atoms with Gasteiger partial charge in [0.15, 0.2) is 0 Å². The van der Waals surface area contributed by atoms with Gasteiger partial charge in [-0.05, 0) is 12.1 Å². The third-order valence-corrected chi connectivity index (χ3v) is 3.16. The van der Waals surface area contributed by atoms with Crippen LogP contribution in [0.25, 0.3) is 0 Å². The number of hydrogen-bond donors (Lipinski definition) is 2. The second kappa shape index (κ2) is 7.12. The summed E-state index contributed by atoms with van der Waals surface area (Å²) in [6, 6.07) is 7.43. The molecule has 2 aromatic rings. The molecule has 0 unspecified atom stereocenters. The first-order chi connectivity index (χ1) is 11.0. The number of rotatable bonds is 6. The molecule has 0 bridgehead atoms. The lowest BCUT2D eigenvalue weighted by Crippen LogP contribution is -2.42. The van der Waals surface area contributed by atoms with E-state index in [0.29, 0.717) is 0 Å². The molecule has 1 heterocycles. The lowest BCUT2D eigenvalue weighted by atomic mass is 10.0. The molecule has 1 amide bonds. The molecule has 1 aromatic carbocycles. The standard InChI is InChI=1S/C15H13N3O5/c19-14(10-5-7-16-8-6-10)17-12(15(20)21)9-11-3-1-2-4-13(11)18(22)23/h1-8,12H,9H2,(H,17,19)(H,20,21)/t12-/m1/s1. The van der Waals surface area contributed by atoms with Gasteiger partial charge in [-0.25, -0.2) is 4.79 Å². The van der Waals surface area contributed by atoms with Gasteiger partial charge in [0.05, 0.1) is 4.92 Å². The molecule has 0 saturated heterocycles. The van der Waals surface area contributed by atoms with Crippen LogP contribution in [0.5, 0.6) is 0 Å². The molecule has 0 aliphatic carbocycles. The summed E-state index contributed by atoms with van der Waals surface area (Å²) in [7, 11) is 0. The van der Waals surface area contributed by atoms with E-state index in [1.54, 1.807) is 6.07 Å². The molecule has 0 aliphatic heterocycles. The topological polar surface area (TPSA) is 122 Å². The Balaban J connectivity index is 2.19. The highest BCUT2D eigenvalue weighted by molar-refractivity contribution is 5.96. The number of carboxylic acids is 1. The van der Waals surface area contributed by atoms with Crippen LogP contribution in [-0.2, 0) is 11.2 Å². The molecule has 0 radical (unpaired) electrons. The van der Waals surface area contributed by atoms with Crippen molar-refractivity contribution in [3.63, 3.8) is 0 Å². The fourth-order valence-corrected chi connectivity index (χ4v) is 2.03. The van der Waals surface area contributed by atoms with E-state index in [1.165, 1.54) is 42.7 Å². The summed E-state index contributed by atoms with van der Waals surface area (Å²) >= 11 is 0. The quantitative estimate of drug-likeness (QED) is 0.614. The van der Waals surface area contributed by atoms with Gasteiger partial charge in [-0.3, -0.25) is 19.9 Å². The summed E-state index contributed by atoms with van der Waals surface area (Å²) in [5, 5.41) is 22.6. The van der Waals surface area contributed by atoms with Crippen molar-refractivity contribution < 1.29 is 19.6 Å². The average molecular weight is 315 g/mol. The Morgan fingerprint density at radius 2 is 1.87 bits per heavy atom. The summed E-state index contributed by atoms with van der Waals surface area (Å²) in [5.41, 5.74) is 0.311. The van der Waals surface area contributed by atoms with Crippen molar-refractivity contribution in [2.75, 3.05) is 0 Å². The number of aromatic nitrogens is 1. The molecule has 2 rings (SSSR count). The number of benzene rings is 1. The van der Waals surface area contributed by atoms with Gasteiger partial charge in [-0.2, -0.15) is 0 Å². The minimum atomic E-state index is -1.28. The van der Waals surface area contributed by atoms with Crippen molar-refractivity contribution in [2.24, 2.45) is 0 Å². The van der Waals surface area contributed by atoms with Crippen molar-refractivity contribution in [1.29, 1.82) is 0 Å². The first kappa shape index (κ1) is 16.1. The van der Waals surface area contributed by atoms with E-state index >= 15 is 0 Å². The first-order valence-corrected chi connectivity index (χ1v) is 6.65. The van der Waals surface area contributed by atoms with E-state index in [0.717, 1.165) is 0 Å². The van der Waals surface area contributed by atoms with Crippen LogP contribution in [0.2, 0.25) is 0 Å². The highest BCUT2D eigenvalue weighted by Crippen LogP contribution is 2.19. The van der Waals surface area contributed by atoms with Gasteiger partial charge in [-0.1, -0.05) is 18.2 Å². The second-order valence-corrected chi connectivity index (χ2v) is 4.69. The Kier molecular flexibility index (Phi) is 4.98. The number of carboxylic acid groups (broad SMARTS) is 1. The van der Waals surface area contributed by atoms with Crippen LogP contribution >= 0.6 is 0 Å². The van der Waals surface area contributed by atoms with Gasteiger partial charge in [0.1, 0.15) is 6.04 Å². The number of aliphatic carboxylic acids is 1. The fourth-order valence-electron chi connectivity index (χ4n) is 2.03. The van der Waals surface area contributed by atoms with Gasteiger partial charge in [0, 0.05) is 36.0 Å². The minimum absolute atomic E-state index is 0.183. The highest BCUT2D eigenvalue weighted by atomic mass is 16.6. The van der Waals surface area contributed by atoms with Gasteiger partial charge in [0.25, 0.3) is 11.6 Å². The Morgan fingerprint density at radius 1 is 1.22 bits per heavy atom. The van der Waals surface area contributed by atoms with E-state index in [1.807, 2.05) is 0 Å². The van der Waals surface area contributed by atoms with Crippen LogP contribution < -0.4 is 5.32 Å². The minimum Gasteiger partial charge on any atom is -0.480 e. The van der Waals surface area contributed by atoms with Crippen molar-refractivity contribution in [1.82, 2.24) is 10.3 Å². The maximum Gasteiger partial charge on any atom is 0.326 e. The number of pyridine rings is 1. The predicted molar refractivity (Wildman–Crippen MR) is 79.9 cm³/mol. The molecular weight excluding hydrogens is 302 g/mol. The second-order valence-electron chi connectivity index (χ2n) is 4.69. The lowest BCUT2D eigenvalue weighted by molar-refractivity contribution is -0.385. The van der Waals surface area contributed by atoms with Crippen LogP contribution in [-0.4, -0.2) is 32.9 Å². The number of nitro groups is 1. The molecule has 1 atom stereocenters. The zero-order chi connectivity index (χ0) is 16.8. The summed E-state index contributed by atoms with van der Waals surface area (Å²) in [5.74, 6) is -1.86. The zero-order valence-corrected chi connectivity index (χ0v) is 11.9. The number of amides is 1. The van der Waals surface area contributed by atoms with E-state index in [9.17, 15) is 24.8 Å². The summed E-state index contributed by atoms with van der Waals surface area (Å²) in [6.45, 7) is 0. The molecule has 0 spiro atoms. The van der Waals surface area contributed by atoms with Crippen LogP contribution in [0.3, 0.4) is 0 Å². The number of hydrogen-bond acceptors (Lipinski definition) is 5. The highest BCUT2D eigenvalue weighted by Gasteiger charge is 2.24. The lowest BCUT2D eigenvalue weighted by Gasteiger charge is -2.14. The monoisotopic (exact) mass is 315 g/mol. The Labute approximate surface area is 130 Å². The fraction of sp³-hybridized carbons (Fsp3) is 0.133. The average Bonchev–Trinajstić information content (AvgIpc) is 2.55. The Hall–Kier alpha value is -3.29. The number of nitrogens with zero attached hydrogens (tertiary/aromatic N) is 2. The smallest absolute Gasteiger partial charge is 0.326 e. The number of para-hydroxylation sites is 1. The number of nitrogens with one attached hydrogen (secondary N) is 1. The molecule has 0 fully saturated rings. The molecular formula is C15H13N3O5. The molecule has 1 aromatic heterocycles.